The van der Waals surface area contributed by atoms with E-state index >= 15 is 0 Å². The smallest absolute Gasteiger partial charge is 0.308 e. The van der Waals surface area contributed by atoms with E-state index in [0.29, 0.717) is 18.1 Å². The van der Waals surface area contributed by atoms with E-state index in [-0.39, 0.29) is 24.0 Å². The maximum atomic E-state index is 13.0. The molecule has 0 saturated heterocycles. The lowest BCUT2D eigenvalue weighted by Gasteiger charge is -2.21. The van der Waals surface area contributed by atoms with Crippen molar-refractivity contribution in [3.63, 3.8) is 0 Å². The molecular weight excluding hydrogens is 598 g/mol. The van der Waals surface area contributed by atoms with Crippen molar-refractivity contribution in [2.45, 2.75) is 66.2 Å². The molecule has 10 nitrogen and oxygen atoms in total. The van der Waals surface area contributed by atoms with Gasteiger partial charge in [0.1, 0.15) is 28.2 Å². The highest BCUT2D eigenvalue weighted by molar-refractivity contribution is 7.15. The minimum absolute atomic E-state index is 0.0326. The lowest BCUT2D eigenvalue weighted by molar-refractivity contribution is -0.155. The minimum Gasteiger partial charge on any atom is -0.460 e. The van der Waals surface area contributed by atoms with Crippen molar-refractivity contribution in [3.8, 4) is 16.3 Å². The first kappa shape index (κ1) is 31.0. The van der Waals surface area contributed by atoms with Gasteiger partial charge in [-0.15, -0.1) is 21.5 Å². The van der Waals surface area contributed by atoms with Crippen LogP contribution in [-0.4, -0.2) is 47.9 Å². The SMILES string of the molecule is Cc1sc2c(c1C)C(c1ccc(-c3cnc(C(=O)NCc4ccccc4)cn3)cc1)=N[C@@H](CC(=O)OC(C)(C)C)c1nnc(C)n1-2. The number of amides is 1. The van der Waals surface area contributed by atoms with E-state index in [1.54, 1.807) is 17.5 Å². The highest BCUT2D eigenvalue weighted by atomic mass is 32.1. The van der Waals surface area contributed by atoms with Crippen LogP contribution in [-0.2, 0) is 16.1 Å². The molecule has 0 saturated carbocycles. The molecule has 4 heterocycles. The molecule has 0 fully saturated rings. The Bertz CT molecular complexity index is 1940. The zero-order chi connectivity index (χ0) is 32.6. The van der Waals surface area contributed by atoms with Crippen LogP contribution in [0.2, 0.25) is 0 Å². The highest BCUT2D eigenvalue weighted by Gasteiger charge is 2.33. The lowest BCUT2D eigenvalue weighted by atomic mass is 9.98. The fourth-order valence-electron chi connectivity index (χ4n) is 5.33. The Morgan fingerprint density at radius 2 is 1.65 bits per heavy atom. The van der Waals surface area contributed by atoms with Gasteiger partial charge in [0, 0.05) is 28.1 Å². The number of thiophene rings is 1. The Hall–Kier alpha value is -5.03. The van der Waals surface area contributed by atoms with Crippen molar-refractivity contribution in [1.82, 2.24) is 30.0 Å². The van der Waals surface area contributed by atoms with E-state index in [0.717, 1.165) is 44.4 Å². The molecule has 6 rings (SSSR count). The van der Waals surface area contributed by atoms with Crippen molar-refractivity contribution in [3.05, 3.63) is 111 Å². The summed E-state index contributed by atoms with van der Waals surface area (Å²) >= 11 is 1.66. The maximum absolute atomic E-state index is 13.0. The molecule has 0 unspecified atom stereocenters. The van der Waals surface area contributed by atoms with Gasteiger partial charge in [-0.2, -0.15) is 0 Å². The molecular formula is C35H35N7O3S. The van der Waals surface area contributed by atoms with Crippen LogP contribution in [0.4, 0.5) is 0 Å². The molecule has 0 aliphatic carbocycles. The molecule has 2 aromatic carbocycles. The number of benzene rings is 2. The van der Waals surface area contributed by atoms with Crippen LogP contribution in [0.1, 0.15) is 82.5 Å². The Labute approximate surface area is 271 Å². The molecule has 0 spiro atoms. The van der Waals surface area contributed by atoms with Gasteiger partial charge in [0.25, 0.3) is 5.91 Å². The number of aromatic nitrogens is 5. The molecule has 1 atom stereocenters. The van der Waals surface area contributed by atoms with Crippen molar-refractivity contribution < 1.29 is 14.3 Å². The van der Waals surface area contributed by atoms with Crippen LogP contribution in [0, 0.1) is 20.8 Å². The van der Waals surface area contributed by atoms with Crippen molar-refractivity contribution in [2.75, 3.05) is 0 Å². The minimum atomic E-state index is -0.618. The molecule has 234 valence electrons. The molecule has 11 heteroatoms. The van der Waals surface area contributed by atoms with E-state index < -0.39 is 11.6 Å². The second-order valence-electron chi connectivity index (χ2n) is 12.2. The number of carbonyl (C=O) groups is 2. The Kier molecular flexibility index (Phi) is 8.35. The summed E-state index contributed by atoms with van der Waals surface area (Å²) in [5.41, 5.74) is 5.90. The summed E-state index contributed by atoms with van der Waals surface area (Å²) in [7, 11) is 0. The molecule has 1 amide bonds. The number of nitrogens with zero attached hydrogens (tertiary/aromatic N) is 6. The van der Waals surface area contributed by atoms with Gasteiger partial charge in [0.15, 0.2) is 5.82 Å². The third kappa shape index (κ3) is 6.36. The van der Waals surface area contributed by atoms with Crippen molar-refractivity contribution >= 4 is 28.9 Å². The second kappa shape index (κ2) is 12.4. The number of hydrogen-bond acceptors (Lipinski definition) is 9. The average Bonchev–Trinajstić information content (AvgIpc) is 3.51. The van der Waals surface area contributed by atoms with Crippen LogP contribution in [0.25, 0.3) is 16.3 Å². The first-order chi connectivity index (χ1) is 22.0. The summed E-state index contributed by atoms with van der Waals surface area (Å²) in [4.78, 5) is 40.9. The van der Waals surface area contributed by atoms with E-state index in [9.17, 15) is 9.59 Å². The van der Waals surface area contributed by atoms with Crippen LogP contribution >= 0.6 is 11.3 Å². The maximum Gasteiger partial charge on any atom is 0.308 e. The largest absolute Gasteiger partial charge is 0.460 e. The molecule has 1 aliphatic rings. The molecule has 3 aromatic heterocycles. The number of rotatable bonds is 7. The predicted octanol–water partition coefficient (Wildman–Crippen LogP) is 6.26. The van der Waals surface area contributed by atoms with Crippen LogP contribution < -0.4 is 5.32 Å². The average molecular weight is 634 g/mol. The van der Waals surface area contributed by atoms with E-state index in [1.165, 1.54) is 11.1 Å². The number of aryl methyl sites for hydroxylation is 2. The number of hydrogen-bond donors (Lipinski definition) is 1. The molecule has 1 N–H and O–H groups in total. The third-order valence-electron chi connectivity index (χ3n) is 7.65. The number of fused-ring (bicyclic) bond motifs is 3. The number of esters is 1. The van der Waals surface area contributed by atoms with Crippen molar-refractivity contribution in [1.29, 1.82) is 0 Å². The molecule has 0 bridgehead atoms. The standard InChI is InChI=1S/C35H35N7O3S/c1-20-21(2)46-34-30(20)31(39-26(16-29(43)45-35(4,5)6)32-41-40-22(3)42(32)34)25-14-12-24(13-15-25)27-18-37-28(19-36-27)33(44)38-17-23-10-8-7-9-11-23/h7-15,18-19,26H,16-17H2,1-6H3,(H,38,44)/t26-/m0/s1. The van der Waals surface area contributed by atoms with Crippen LogP contribution in [0.5, 0.6) is 0 Å². The number of aliphatic imine (C=N–C) groups is 1. The first-order valence-corrected chi connectivity index (χ1v) is 15.9. The van der Waals surface area contributed by atoms with Crippen molar-refractivity contribution in [2.24, 2.45) is 4.99 Å². The third-order valence-corrected chi connectivity index (χ3v) is 8.85. The monoisotopic (exact) mass is 633 g/mol. The molecule has 0 radical (unpaired) electrons. The number of nitrogens with one attached hydrogen (secondary N) is 1. The number of ether oxygens (including phenoxy) is 1. The normalized spacial score (nSPS) is 14.1. The molecule has 1 aliphatic heterocycles. The Morgan fingerprint density at radius 1 is 0.935 bits per heavy atom. The zero-order valence-corrected chi connectivity index (χ0v) is 27.5. The van der Waals surface area contributed by atoms with E-state index in [2.05, 4.69) is 39.3 Å². The van der Waals surface area contributed by atoms with Gasteiger partial charge in [-0.25, -0.2) is 4.98 Å². The summed E-state index contributed by atoms with van der Waals surface area (Å²) in [5.74, 6) is 0.708. The Balaban J connectivity index is 1.30. The summed E-state index contributed by atoms with van der Waals surface area (Å²) < 4.78 is 7.69. The van der Waals surface area contributed by atoms with Gasteiger partial charge < -0.3 is 10.1 Å². The summed E-state index contributed by atoms with van der Waals surface area (Å²) in [5, 5.41) is 12.7. The van der Waals surface area contributed by atoms with Gasteiger partial charge in [-0.05, 0) is 52.7 Å². The topological polar surface area (TPSA) is 124 Å². The van der Waals surface area contributed by atoms with Crippen LogP contribution in [0.3, 0.4) is 0 Å². The second-order valence-corrected chi connectivity index (χ2v) is 13.4. The van der Waals surface area contributed by atoms with Gasteiger partial charge in [-0.1, -0.05) is 54.6 Å². The van der Waals surface area contributed by atoms with Gasteiger partial charge in [0.2, 0.25) is 0 Å². The molecule has 5 aromatic rings. The fourth-order valence-corrected chi connectivity index (χ4v) is 6.54. The van der Waals surface area contributed by atoms with Crippen LogP contribution in [0.15, 0.2) is 72.0 Å². The summed E-state index contributed by atoms with van der Waals surface area (Å²) in [6.07, 6.45) is 3.12. The van der Waals surface area contributed by atoms with E-state index in [1.807, 2.05) is 86.9 Å². The zero-order valence-electron chi connectivity index (χ0n) is 26.7. The fraction of sp³-hybridized carbons (Fsp3) is 0.286. The highest BCUT2D eigenvalue weighted by Crippen LogP contribution is 2.40. The first-order valence-electron chi connectivity index (χ1n) is 15.1. The lowest BCUT2D eigenvalue weighted by Crippen LogP contribution is -2.25. The van der Waals surface area contributed by atoms with E-state index in [4.69, 9.17) is 9.73 Å². The van der Waals surface area contributed by atoms with Gasteiger partial charge >= 0.3 is 5.97 Å². The number of carbonyl (C=O) groups excluding carboxylic acids is 2. The summed E-state index contributed by atoms with van der Waals surface area (Å²) in [6.45, 7) is 12.1. The Morgan fingerprint density at radius 3 is 2.33 bits per heavy atom. The van der Waals surface area contributed by atoms with Gasteiger partial charge in [-0.3, -0.25) is 24.1 Å². The quantitative estimate of drug-likeness (QED) is 0.210. The molecule has 46 heavy (non-hydrogen) atoms. The summed E-state index contributed by atoms with van der Waals surface area (Å²) in [6, 6.07) is 17.0. The predicted molar refractivity (Wildman–Crippen MR) is 177 cm³/mol. The van der Waals surface area contributed by atoms with Gasteiger partial charge in [0.05, 0.1) is 30.2 Å².